The van der Waals surface area contributed by atoms with Crippen molar-refractivity contribution in [3.63, 3.8) is 0 Å². The number of benzene rings is 1. The number of aryl methyl sites for hydroxylation is 1. The molecule has 2 heterocycles. The highest BCUT2D eigenvalue weighted by atomic mass is 16.5. The Kier molecular flexibility index (Phi) is 6.01. The first-order valence-electron chi connectivity index (χ1n) is 9.51. The van der Waals surface area contributed by atoms with Crippen molar-refractivity contribution in [3.8, 4) is 28.8 Å². The summed E-state index contributed by atoms with van der Waals surface area (Å²) in [6, 6.07) is 6.73. The predicted molar refractivity (Wildman–Crippen MR) is 110 cm³/mol. The Hall–Kier alpha value is -3.87. The number of aromatic amines is 1. The number of rotatable bonds is 7. The van der Waals surface area contributed by atoms with Crippen molar-refractivity contribution in [3.05, 3.63) is 49.5 Å². The van der Waals surface area contributed by atoms with Crippen molar-refractivity contribution in [2.24, 2.45) is 0 Å². The number of H-pyrrole nitrogens is 1. The lowest BCUT2D eigenvalue weighted by Gasteiger charge is -2.15. The molecule has 30 heavy (non-hydrogen) atoms. The largest absolute Gasteiger partial charge is 0.490 e. The van der Waals surface area contributed by atoms with Gasteiger partial charge in [0.25, 0.3) is 5.56 Å². The minimum atomic E-state index is -0.685. The van der Waals surface area contributed by atoms with E-state index in [1.807, 2.05) is 6.07 Å². The van der Waals surface area contributed by atoms with Gasteiger partial charge in [-0.1, -0.05) is 0 Å². The Morgan fingerprint density at radius 3 is 2.43 bits per heavy atom. The molecule has 3 aromatic rings. The van der Waals surface area contributed by atoms with Crippen molar-refractivity contribution in [1.29, 1.82) is 5.26 Å². The number of ether oxygens (including phenoxy) is 2. The maximum absolute atomic E-state index is 13.1. The van der Waals surface area contributed by atoms with Crippen molar-refractivity contribution < 1.29 is 9.47 Å². The van der Waals surface area contributed by atoms with Gasteiger partial charge in [0.1, 0.15) is 11.5 Å². The van der Waals surface area contributed by atoms with E-state index in [0.29, 0.717) is 23.7 Å². The number of nitriles is 1. The van der Waals surface area contributed by atoms with E-state index in [9.17, 15) is 14.4 Å². The summed E-state index contributed by atoms with van der Waals surface area (Å²) in [5.41, 5.74) is -1.00. The Morgan fingerprint density at radius 1 is 1.07 bits per heavy atom. The van der Waals surface area contributed by atoms with Gasteiger partial charge in [-0.25, -0.2) is 9.59 Å². The zero-order valence-corrected chi connectivity index (χ0v) is 16.9. The molecule has 0 saturated heterocycles. The van der Waals surface area contributed by atoms with Gasteiger partial charge >= 0.3 is 11.4 Å². The van der Waals surface area contributed by atoms with Crippen LogP contribution in [0.2, 0.25) is 0 Å². The second-order valence-electron chi connectivity index (χ2n) is 6.23. The third kappa shape index (κ3) is 3.57. The van der Waals surface area contributed by atoms with Crippen LogP contribution >= 0.6 is 0 Å². The first-order valence-corrected chi connectivity index (χ1v) is 9.51. The fraction of sp³-hybridized carbons (Fsp3) is 0.350. The van der Waals surface area contributed by atoms with Gasteiger partial charge in [0.15, 0.2) is 23.8 Å². The van der Waals surface area contributed by atoms with Crippen LogP contribution in [0.15, 0.2) is 32.6 Å². The highest BCUT2D eigenvalue weighted by molar-refractivity contribution is 5.90. The highest BCUT2D eigenvalue weighted by Crippen LogP contribution is 2.33. The molecule has 0 aliphatic carbocycles. The van der Waals surface area contributed by atoms with E-state index < -0.39 is 16.9 Å². The molecule has 0 saturated carbocycles. The summed E-state index contributed by atoms with van der Waals surface area (Å²) >= 11 is 0. The van der Waals surface area contributed by atoms with Crippen LogP contribution < -0.4 is 26.4 Å². The maximum atomic E-state index is 13.1. The number of nitrogens with one attached hydrogen (secondary N) is 1. The Morgan fingerprint density at radius 2 is 1.80 bits per heavy atom. The van der Waals surface area contributed by atoms with Crippen LogP contribution in [0.4, 0.5) is 0 Å². The van der Waals surface area contributed by atoms with Crippen LogP contribution in [0.5, 0.6) is 11.5 Å². The third-order valence-electron chi connectivity index (χ3n) is 4.55. The van der Waals surface area contributed by atoms with Gasteiger partial charge in [-0.05, 0) is 39.0 Å². The van der Waals surface area contributed by atoms with Gasteiger partial charge < -0.3 is 14.5 Å². The average Bonchev–Trinajstić information content (AvgIpc) is 2.73. The van der Waals surface area contributed by atoms with E-state index in [1.165, 1.54) is 4.57 Å². The smallest absolute Gasteiger partial charge is 0.347 e. The molecule has 0 atom stereocenters. The van der Waals surface area contributed by atoms with Crippen molar-refractivity contribution >= 4 is 11.0 Å². The molecule has 0 unspecified atom stereocenters. The molecule has 0 fully saturated rings. The van der Waals surface area contributed by atoms with E-state index in [2.05, 4.69) is 9.97 Å². The first-order chi connectivity index (χ1) is 14.5. The fourth-order valence-corrected chi connectivity index (χ4v) is 3.26. The molecule has 0 aliphatic heterocycles. The van der Waals surface area contributed by atoms with Crippen LogP contribution in [-0.2, 0) is 13.1 Å². The summed E-state index contributed by atoms with van der Waals surface area (Å²) < 4.78 is 13.4. The summed E-state index contributed by atoms with van der Waals surface area (Å²) in [5, 5.41) is 8.88. The lowest BCUT2D eigenvalue weighted by atomic mass is 10.1. The summed E-state index contributed by atoms with van der Waals surface area (Å²) in [4.78, 5) is 44.5. The molecule has 2 aromatic heterocycles. The molecule has 0 radical (unpaired) electrons. The summed E-state index contributed by atoms with van der Waals surface area (Å²) in [6.45, 7) is 5.85. The second kappa shape index (κ2) is 8.65. The van der Waals surface area contributed by atoms with Crippen LogP contribution in [0.25, 0.3) is 22.3 Å². The minimum Gasteiger partial charge on any atom is -0.490 e. The van der Waals surface area contributed by atoms with Gasteiger partial charge in [0.05, 0.1) is 12.3 Å². The molecule has 3 rings (SSSR count). The molecule has 156 valence electrons. The Labute approximate surface area is 170 Å². The minimum absolute atomic E-state index is 0.0266. The van der Waals surface area contributed by atoms with Gasteiger partial charge in [-0.15, -0.1) is 0 Å². The molecule has 0 amide bonds. The van der Waals surface area contributed by atoms with E-state index in [4.69, 9.17) is 14.7 Å². The molecule has 0 aliphatic rings. The Bertz CT molecular complexity index is 1310. The molecule has 0 bridgehead atoms. The monoisotopic (exact) mass is 411 g/mol. The number of hydrogen-bond donors (Lipinski definition) is 1. The lowest BCUT2D eigenvalue weighted by molar-refractivity contribution is 0.299. The van der Waals surface area contributed by atoms with Crippen LogP contribution in [0.3, 0.4) is 0 Å². The van der Waals surface area contributed by atoms with E-state index in [1.54, 1.807) is 39.0 Å². The molecule has 1 N–H and O–H groups in total. The summed E-state index contributed by atoms with van der Waals surface area (Å²) in [7, 11) is 0. The quantitative estimate of drug-likeness (QED) is 0.619. The normalized spacial score (nSPS) is 10.7. The zero-order valence-electron chi connectivity index (χ0n) is 16.9. The van der Waals surface area contributed by atoms with Crippen LogP contribution in [0.1, 0.15) is 20.8 Å². The fourth-order valence-electron chi connectivity index (χ4n) is 3.26. The zero-order chi connectivity index (χ0) is 21.8. The van der Waals surface area contributed by atoms with E-state index in [-0.39, 0.29) is 36.4 Å². The second-order valence-corrected chi connectivity index (χ2v) is 6.23. The van der Waals surface area contributed by atoms with Crippen molar-refractivity contribution in [2.45, 2.75) is 33.9 Å². The van der Waals surface area contributed by atoms with E-state index >= 15 is 0 Å². The topological polar surface area (TPSA) is 132 Å². The van der Waals surface area contributed by atoms with Crippen LogP contribution in [-0.4, -0.2) is 32.3 Å². The summed E-state index contributed by atoms with van der Waals surface area (Å²) in [5.74, 6) is 0.718. The van der Waals surface area contributed by atoms with Gasteiger partial charge in [0.2, 0.25) is 0 Å². The van der Waals surface area contributed by atoms with Gasteiger partial charge in [0, 0.05) is 18.7 Å². The molecule has 0 spiro atoms. The number of aromatic nitrogens is 4. The average molecular weight is 411 g/mol. The molecule has 10 heteroatoms. The van der Waals surface area contributed by atoms with Crippen LogP contribution in [0, 0.1) is 11.3 Å². The van der Waals surface area contributed by atoms with Crippen molar-refractivity contribution in [1.82, 2.24) is 19.1 Å². The molecule has 10 nitrogen and oxygen atoms in total. The predicted octanol–water partition coefficient (Wildman–Crippen LogP) is 1.25. The van der Waals surface area contributed by atoms with Gasteiger partial charge in [-0.3, -0.25) is 13.9 Å². The highest BCUT2D eigenvalue weighted by Gasteiger charge is 2.19. The third-order valence-corrected chi connectivity index (χ3v) is 4.55. The standard InChI is InChI=1S/C20H21N5O5/c1-4-24-17-15(18(26)25(5-2)20(24)28)16(22-19(27)23-17)12-7-8-13(30-10-9-21)14(11-12)29-6-3/h7-8,11H,4-6,10H2,1-3H3,(H,22,23,27). The number of hydrogen-bond acceptors (Lipinski definition) is 7. The van der Waals surface area contributed by atoms with E-state index in [0.717, 1.165) is 4.57 Å². The Balaban J connectivity index is 2.38. The molecule has 1 aromatic carbocycles. The molecular formula is C20H21N5O5. The maximum Gasteiger partial charge on any atom is 0.347 e. The summed E-state index contributed by atoms with van der Waals surface area (Å²) in [6.07, 6.45) is 0. The number of nitrogens with zero attached hydrogens (tertiary/aromatic N) is 4. The molecular weight excluding hydrogens is 390 g/mol. The first kappa shape index (κ1) is 20.9. The number of fused-ring (bicyclic) bond motifs is 1. The lowest BCUT2D eigenvalue weighted by Crippen LogP contribution is -2.41. The van der Waals surface area contributed by atoms with Crippen molar-refractivity contribution in [2.75, 3.05) is 13.2 Å². The van der Waals surface area contributed by atoms with Gasteiger partial charge in [-0.2, -0.15) is 10.2 Å². The SMILES string of the molecule is CCOc1cc(-c2[nH]c(=O)nc3c2c(=O)n(CC)c(=O)n3CC)ccc1OCC#N.